The van der Waals surface area contributed by atoms with Crippen LogP contribution in [0.3, 0.4) is 0 Å². The molecule has 0 bridgehead atoms. The number of hydrogen-bond acceptors (Lipinski definition) is 3. The van der Waals surface area contributed by atoms with Crippen LogP contribution in [-0.4, -0.2) is 49.8 Å². The average Bonchev–Trinajstić information content (AvgIpc) is 2.98. The SMILES string of the molecule is C=CCN1CCC[C@@]1(C)CNC(=O)c1cc(CCC[18F])cc(C)c1OC. The minimum Gasteiger partial charge on any atom is -0.496 e. The van der Waals surface area contributed by atoms with E-state index in [1.54, 1.807) is 7.11 Å². The van der Waals surface area contributed by atoms with Crippen molar-refractivity contribution in [3.8, 4) is 5.75 Å². The van der Waals surface area contributed by atoms with Crippen LogP contribution >= 0.6 is 0 Å². The Morgan fingerprint density at radius 3 is 2.92 bits per heavy atom. The first-order valence-electron chi connectivity index (χ1n) is 9.33. The Morgan fingerprint density at radius 1 is 1.50 bits per heavy atom. The van der Waals surface area contributed by atoms with Crippen molar-refractivity contribution in [1.29, 1.82) is 0 Å². The lowest BCUT2D eigenvalue weighted by molar-refractivity contribution is 0.0909. The highest BCUT2D eigenvalue weighted by atomic mass is 18.2. The average molecular weight is 361 g/mol. The van der Waals surface area contributed by atoms with Crippen molar-refractivity contribution >= 4 is 5.91 Å². The smallest absolute Gasteiger partial charge is 0.255 e. The van der Waals surface area contributed by atoms with Gasteiger partial charge < -0.3 is 10.1 Å². The van der Waals surface area contributed by atoms with E-state index in [1.165, 1.54) is 0 Å². The van der Waals surface area contributed by atoms with Gasteiger partial charge in [0.1, 0.15) is 5.75 Å². The van der Waals surface area contributed by atoms with Crippen molar-refractivity contribution in [1.82, 2.24) is 10.2 Å². The van der Waals surface area contributed by atoms with Gasteiger partial charge in [0.05, 0.1) is 19.3 Å². The molecule has 0 spiro atoms. The van der Waals surface area contributed by atoms with Gasteiger partial charge >= 0.3 is 0 Å². The fourth-order valence-electron chi connectivity index (χ4n) is 3.82. The number of nitrogens with one attached hydrogen (secondary N) is 1. The number of hydrogen-bond donors (Lipinski definition) is 1. The molecule has 1 aromatic carbocycles. The number of halogens is 1. The fraction of sp³-hybridized carbons (Fsp3) is 0.571. The highest BCUT2D eigenvalue weighted by Gasteiger charge is 2.36. The summed E-state index contributed by atoms with van der Waals surface area (Å²) >= 11 is 0. The molecule has 1 amide bonds. The number of carbonyl (C=O) groups excluding carboxylic acids is 1. The number of methoxy groups -OCH3 is 1. The van der Waals surface area contributed by atoms with Gasteiger partial charge in [-0.05, 0) is 63.3 Å². The third kappa shape index (κ3) is 4.64. The number of carbonyl (C=O) groups is 1. The van der Waals surface area contributed by atoms with Crippen molar-refractivity contribution in [2.45, 2.75) is 45.1 Å². The van der Waals surface area contributed by atoms with Crippen molar-refractivity contribution in [3.63, 3.8) is 0 Å². The Bertz CT molecular complexity index is 647. The van der Waals surface area contributed by atoms with E-state index in [0.717, 1.165) is 37.1 Å². The molecule has 1 aliphatic rings. The summed E-state index contributed by atoms with van der Waals surface area (Å²) < 4.78 is 18.0. The molecule has 1 fully saturated rings. The van der Waals surface area contributed by atoms with Crippen molar-refractivity contribution < 1.29 is 13.9 Å². The molecular formula is C21H31FN2O2. The summed E-state index contributed by atoms with van der Waals surface area (Å²) in [5, 5.41) is 3.09. The molecule has 1 N–H and O–H groups in total. The molecule has 0 radical (unpaired) electrons. The number of likely N-dealkylation sites (tertiary alicyclic amines) is 1. The molecule has 0 saturated carbocycles. The molecule has 26 heavy (non-hydrogen) atoms. The Morgan fingerprint density at radius 2 is 2.27 bits per heavy atom. The van der Waals surface area contributed by atoms with E-state index in [9.17, 15) is 9.18 Å². The fourth-order valence-corrected chi connectivity index (χ4v) is 3.82. The molecule has 1 saturated heterocycles. The molecule has 1 atom stereocenters. The molecule has 144 valence electrons. The predicted octanol–water partition coefficient (Wildman–Crippen LogP) is 3.68. The van der Waals surface area contributed by atoms with Crippen molar-refractivity contribution in [2.24, 2.45) is 0 Å². The molecule has 1 heterocycles. The van der Waals surface area contributed by atoms with Gasteiger partial charge in [0.15, 0.2) is 0 Å². The maximum absolute atomic E-state index is 12.9. The molecule has 1 aliphatic heterocycles. The van der Waals surface area contributed by atoms with E-state index in [0.29, 0.717) is 30.7 Å². The third-order valence-corrected chi connectivity index (χ3v) is 5.27. The second kappa shape index (κ2) is 9.17. The normalized spacial score (nSPS) is 20.2. The van der Waals surface area contributed by atoms with E-state index < -0.39 is 0 Å². The third-order valence-electron chi connectivity index (χ3n) is 5.27. The maximum Gasteiger partial charge on any atom is 0.255 e. The summed E-state index contributed by atoms with van der Waals surface area (Å²) in [7, 11) is 1.57. The van der Waals surface area contributed by atoms with Crippen LogP contribution in [0, 0.1) is 6.92 Å². The summed E-state index contributed by atoms with van der Waals surface area (Å²) in [6, 6.07) is 3.80. The van der Waals surface area contributed by atoms with Crippen LogP contribution in [0.25, 0.3) is 0 Å². The first-order chi connectivity index (χ1) is 12.4. The van der Waals surface area contributed by atoms with E-state index in [-0.39, 0.29) is 18.1 Å². The highest BCUT2D eigenvalue weighted by molar-refractivity contribution is 5.97. The second-order valence-corrected chi connectivity index (χ2v) is 7.30. The van der Waals surface area contributed by atoms with Crippen LogP contribution in [0.2, 0.25) is 0 Å². The lowest BCUT2D eigenvalue weighted by atomic mass is 9.97. The van der Waals surface area contributed by atoms with Gasteiger partial charge in [0.2, 0.25) is 0 Å². The van der Waals surface area contributed by atoms with Gasteiger partial charge in [-0.15, -0.1) is 6.58 Å². The molecule has 0 aliphatic carbocycles. The van der Waals surface area contributed by atoms with E-state index >= 15 is 0 Å². The van der Waals surface area contributed by atoms with Crippen molar-refractivity contribution in [3.05, 3.63) is 41.5 Å². The summed E-state index contributed by atoms with van der Waals surface area (Å²) in [6.45, 7) is 10.0. The molecule has 0 unspecified atom stereocenters. The van der Waals surface area contributed by atoms with Gasteiger partial charge in [-0.3, -0.25) is 14.1 Å². The largest absolute Gasteiger partial charge is 0.496 e. The number of rotatable bonds is 9. The molecular weight excluding hydrogens is 330 g/mol. The van der Waals surface area contributed by atoms with Gasteiger partial charge in [-0.25, -0.2) is 0 Å². The first-order valence-corrected chi connectivity index (χ1v) is 9.33. The van der Waals surface area contributed by atoms with Gasteiger partial charge in [0, 0.05) is 18.6 Å². The summed E-state index contributed by atoms with van der Waals surface area (Å²) in [4.78, 5) is 15.2. The molecule has 0 aromatic heterocycles. The maximum atomic E-state index is 12.9. The minimum absolute atomic E-state index is 0.0576. The monoisotopic (exact) mass is 361 g/mol. The van der Waals surface area contributed by atoms with E-state index in [4.69, 9.17) is 4.74 Å². The Hall–Kier alpha value is -1.88. The van der Waals surface area contributed by atoms with Gasteiger partial charge in [-0.2, -0.15) is 0 Å². The number of aryl methyl sites for hydroxylation is 2. The van der Waals surface area contributed by atoms with Crippen LogP contribution in [0.1, 0.15) is 47.7 Å². The molecule has 1 aromatic rings. The number of ether oxygens (including phenoxy) is 1. The molecule has 2 rings (SSSR count). The van der Waals surface area contributed by atoms with E-state index in [1.807, 2.05) is 25.1 Å². The van der Waals surface area contributed by atoms with E-state index in [2.05, 4.69) is 23.7 Å². The molecule has 5 heteroatoms. The topological polar surface area (TPSA) is 41.6 Å². The van der Waals surface area contributed by atoms with Crippen LogP contribution in [0.4, 0.5) is 4.39 Å². The zero-order valence-electron chi connectivity index (χ0n) is 16.2. The summed E-state index contributed by atoms with van der Waals surface area (Å²) in [5.41, 5.74) is 2.33. The zero-order chi connectivity index (χ0) is 19.2. The van der Waals surface area contributed by atoms with Crippen LogP contribution in [-0.2, 0) is 6.42 Å². The standard InChI is InChI=1S/C21H31FN2O2/c1-5-11-24-12-7-9-21(24,3)15-23-20(25)18-14-17(8-6-10-22)13-16(2)19(18)26-4/h5,13-14H,1,6-12,15H2,2-4H3,(H,23,25)/t21-/m0/s1/i22-1. The van der Waals surface area contributed by atoms with Crippen LogP contribution in [0.15, 0.2) is 24.8 Å². The van der Waals surface area contributed by atoms with Gasteiger partial charge in [-0.1, -0.05) is 12.1 Å². The Balaban J connectivity index is 2.15. The zero-order valence-corrected chi connectivity index (χ0v) is 16.2. The Kier molecular flexibility index (Phi) is 7.21. The number of alkyl halides is 1. The highest BCUT2D eigenvalue weighted by Crippen LogP contribution is 2.29. The first kappa shape index (κ1) is 20.4. The number of amides is 1. The van der Waals surface area contributed by atoms with Crippen LogP contribution in [0.5, 0.6) is 5.75 Å². The predicted molar refractivity (Wildman–Crippen MR) is 104 cm³/mol. The second-order valence-electron chi connectivity index (χ2n) is 7.30. The van der Waals surface area contributed by atoms with Gasteiger partial charge in [0.25, 0.3) is 5.91 Å². The summed E-state index contributed by atoms with van der Waals surface area (Å²) in [5.74, 6) is 0.449. The Labute approximate surface area is 156 Å². The lowest BCUT2D eigenvalue weighted by Gasteiger charge is -2.34. The summed E-state index contributed by atoms with van der Waals surface area (Å²) in [6.07, 6.45) is 5.16. The quantitative estimate of drug-likeness (QED) is 0.682. The lowest BCUT2D eigenvalue weighted by Crippen LogP contribution is -2.50. The number of benzene rings is 1. The minimum atomic E-state index is -0.357. The molecule has 4 nitrogen and oxygen atoms in total. The van der Waals surface area contributed by atoms with Crippen molar-refractivity contribution in [2.75, 3.05) is 33.4 Å². The number of nitrogens with zero attached hydrogens (tertiary/aromatic N) is 1. The van der Waals surface area contributed by atoms with Crippen LogP contribution < -0.4 is 10.1 Å².